The van der Waals surface area contributed by atoms with Crippen molar-refractivity contribution >= 4 is 17.7 Å². The highest BCUT2D eigenvalue weighted by Gasteiger charge is 2.28. The Hall–Kier alpha value is -2.44. The van der Waals surface area contributed by atoms with Crippen LogP contribution in [0.5, 0.6) is 5.75 Å². The normalized spacial score (nSPS) is 15.4. The van der Waals surface area contributed by atoms with Crippen LogP contribution in [0.4, 0.5) is 10.5 Å². The third kappa shape index (κ3) is 4.28. The molecule has 0 unspecified atom stereocenters. The second kappa shape index (κ2) is 6.36. The molecule has 0 bridgehead atoms. The van der Waals surface area contributed by atoms with Crippen molar-refractivity contribution < 1.29 is 19.4 Å². The largest absolute Gasteiger partial charge is 0.508 e. The first-order valence-corrected chi connectivity index (χ1v) is 7.53. The number of rotatable bonds is 1. The number of aromatic hydroxyl groups is 1. The van der Waals surface area contributed by atoms with Crippen LogP contribution >= 0.6 is 0 Å². The number of hydrogen-bond donors (Lipinski definition) is 2. The van der Waals surface area contributed by atoms with E-state index in [1.165, 1.54) is 18.2 Å². The van der Waals surface area contributed by atoms with E-state index in [0.717, 1.165) is 0 Å². The number of piperazine rings is 1. The Kier molecular flexibility index (Phi) is 4.68. The summed E-state index contributed by atoms with van der Waals surface area (Å²) in [6, 6.07) is 4.30. The first-order valence-electron chi connectivity index (χ1n) is 7.53. The average molecular weight is 321 g/mol. The zero-order valence-electron chi connectivity index (χ0n) is 13.7. The van der Waals surface area contributed by atoms with E-state index in [0.29, 0.717) is 31.9 Å². The minimum absolute atomic E-state index is 0.00468. The van der Waals surface area contributed by atoms with Crippen molar-refractivity contribution in [3.05, 3.63) is 23.8 Å². The Morgan fingerprint density at radius 3 is 2.26 bits per heavy atom. The molecule has 0 aliphatic carbocycles. The predicted molar refractivity (Wildman–Crippen MR) is 86.2 cm³/mol. The van der Waals surface area contributed by atoms with Gasteiger partial charge >= 0.3 is 6.09 Å². The summed E-state index contributed by atoms with van der Waals surface area (Å²) in [5.41, 5.74) is 5.85. The van der Waals surface area contributed by atoms with E-state index >= 15 is 0 Å². The molecule has 3 N–H and O–H groups in total. The average Bonchev–Trinajstić information content (AvgIpc) is 2.47. The van der Waals surface area contributed by atoms with E-state index in [-0.39, 0.29) is 23.3 Å². The van der Waals surface area contributed by atoms with Gasteiger partial charge in [-0.2, -0.15) is 0 Å². The number of carbonyl (C=O) groups is 2. The number of phenols is 1. The second-order valence-electron chi connectivity index (χ2n) is 6.53. The van der Waals surface area contributed by atoms with Crippen LogP contribution in [-0.2, 0) is 4.74 Å². The molecule has 0 radical (unpaired) electrons. The number of hydrogen-bond acceptors (Lipinski definition) is 5. The Morgan fingerprint density at radius 2 is 1.70 bits per heavy atom. The number of benzene rings is 1. The summed E-state index contributed by atoms with van der Waals surface area (Å²) in [6.07, 6.45) is -0.374. The molecule has 1 aliphatic heterocycles. The standard InChI is InChI=1S/C16H23N3O4/c1-16(2,3)23-15(22)19-8-6-18(7-9-19)14(21)12-10-11(20)4-5-13(12)17/h4-5,10,20H,6-9,17H2,1-3H3. The number of amides is 2. The molecule has 0 atom stereocenters. The maximum atomic E-state index is 12.5. The van der Waals surface area contributed by atoms with E-state index in [1.54, 1.807) is 9.80 Å². The molecule has 0 spiro atoms. The zero-order chi connectivity index (χ0) is 17.2. The highest BCUT2D eigenvalue weighted by atomic mass is 16.6. The van der Waals surface area contributed by atoms with Crippen molar-refractivity contribution in [3.8, 4) is 5.75 Å². The van der Waals surface area contributed by atoms with Gasteiger partial charge in [-0.05, 0) is 39.0 Å². The second-order valence-corrected chi connectivity index (χ2v) is 6.53. The molecule has 126 valence electrons. The molecule has 1 aromatic rings. The van der Waals surface area contributed by atoms with E-state index in [1.807, 2.05) is 20.8 Å². The van der Waals surface area contributed by atoms with Crippen molar-refractivity contribution in [3.63, 3.8) is 0 Å². The Labute approximate surface area is 135 Å². The summed E-state index contributed by atoms with van der Waals surface area (Å²) in [5.74, 6) is -0.253. The molecule has 23 heavy (non-hydrogen) atoms. The Bertz CT molecular complexity index is 602. The van der Waals surface area contributed by atoms with Crippen molar-refractivity contribution in [2.75, 3.05) is 31.9 Å². The van der Waals surface area contributed by atoms with Crippen molar-refractivity contribution in [1.29, 1.82) is 0 Å². The van der Waals surface area contributed by atoms with Gasteiger partial charge in [0.15, 0.2) is 0 Å². The van der Waals surface area contributed by atoms with Crippen LogP contribution < -0.4 is 5.73 Å². The number of phenolic OH excluding ortho intramolecular Hbond substituents is 1. The van der Waals surface area contributed by atoms with Crippen LogP contribution in [0.2, 0.25) is 0 Å². The predicted octanol–water partition coefficient (Wildman–Crippen LogP) is 1.67. The SMILES string of the molecule is CC(C)(C)OC(=O)N1CCN(C(=O)c2cc(O)ccc2N)CC1. The number of nitrogen functional groups attached to an aromatic ring is 1. The lowest BCUT2D eigenvalue weighted by Gasteiger charge is -2.35. The van der Waals surface area contributed by atoms with Crippen LogP contribution in [0, 0.1) is 0 Å². The van der Waals surface area contributed by atoms with Crippen LogP contribution in [-0.4, -0.2) is 58.7 Å². The molecular weight excluding hydrogens is 298 g/mol. The highest BCUT2D eigenvalue weighted by molar-refractivity contribution is 5.99. The first-order chi connectivity index (χ1) is 10.7. The molecule has 2 amide bonds. The number of nitrogens with zero attached hydrogens (tertiary/aromatic N) is 2. The minimum Gasteiger partial charge on any atom is -0.508 e. The number of ether oxygens (including phenoxy) is 1. The van der Waals surface area contributed by atoms with E-state index in [9.17, 15) is 14.7 Å². The van der Waals surface area contributed by atoms with Gasteiger partial charge in [0.1, 0.15) is 11.4 Å². The Morgan fingerprint density at radius 1 is 1.13 bits per heavy atom. The maximum Gasteiger partial charge on any atom is 0.410 e. The molecule has 1 aromatic carbocycles. The molecule has 1 aliphatic rings. The van der Waals surface area contributed by atoms with Crippen LogP contribution in [0.3, 0.4) is 0 Å². The highest BCUT2D eigenvalue weighted by Crippen LogP contribution is 2.21. The lowest BCUT2D eigenvalue weighted by atomic mass is 10.1. The molecular formula is C16H23N3O4. The lowest BCUT2D eigenvalue weighted by Crippen LogP contribution is -2.51. The van der Waals surface area contributed by atoms with Gasteiger partial charge in [0.2, 0.25) is 0 Å². The van der Waals surface area contributed by atoms with Gasteiger partial charge in [-0.15, -0.1) is 0 Å². The fourth-order valence-electron chi connectivity index (χ4n) is 2.32. The Balaban J connectivity index is 1.97. The van der Waals surface area contributed by atoms with Crippen LogP contribution in [0.1, 0.15) is 31.1 Å². The topological polar surface area (TPSA) is 96.1 Å². The molecule has 7 heteroatoms. The molecule has 7 nitrogen and oxygen atoms in total. The first kappa shape index (κ1) is 16.9. The van der Waals surface area contributed by atoms with Gasteiger partial charge in [-0.25, -0.2) is 4.79 Å². The van der Waals surface area contributed by atoms with Gasteiger partial charge in [0.05, 0.1) is 5.56 Å². The minimum atomic E-state index is -0.542. The molecule has 0 saturated carbocycles. The van der Waals surface area contributed by atoms with Crippen molar-refractivity contribution in [1.82, 2.24) is 9.80 Å². The third-order valence-corrected chi connectivity index (χ3v) is 3.49. The molecule has 1 heterocycles. The molecule has 1 fully saturated rings. The quantitative estimate of drug-likeness (QED) is 0.606. The third-order valence-electron chi connectivity index (χ3n) is 3.49. The van der Waals surface area contributed by atoms with Gasteiger partial charge in [0, 0.05) is 31.9 Å². The number of anilines is 1. The summed E-state index contributed by atoms with van der Waals surface area (Å²) in [5, 5.41) is 9.51. The number of carbonyl (C=O) groups excluding carboxylic acids is 2. The van der Waals surface area contributed by atoms with Gasteiger partial charge in [-0.1, -0.05) is 0 Å². The summed E-state index contributed by atoms with van der Waals surface area (Å²) in [6.45, 7) is 7.04. The summed E-state index contributed by atoms with van der Waals surface area (Å²) in [7, 11) is 0. The summed E-state index contributed by atoms with van der Waals surface area (Å²) >= 11 is 0. The fourth-order valence-corrected chi connectivity index (χ4v) is 2.32. The maximum absolute atomic E-state index is 12.5. The summed E-state index contributed by atoms with van der Waals surface area (Å²) in [4.78, 5) is 27.7. The van der Waals surface area contributed by atoms with Crippen LogP contribution in [0.15, 0.2) is 18.2 Å². The van der Waals surface area contributed by atoms with E-state index in [2.05, 4.69) is 0 Å². The van der Waals surface area contributed by atoms with Gasteiger partial charge in [0.25, 0.3) is 5.91 Å². The monoisotopic (exact) mass is 321 g/mol. The van der Waals surface area contributed by atoms with E-state index in [4.69, 9.17) is 10.5 Å². The lowest BCUT2D eigenvalue weighted by molar-refractivity contribution is 0.0141. The van der Waals surface area contributed by atoms with Gasteiger partial charge in [-0.3, -0.25) is 4.79 Å². The van der Waals surface area contributed by atoms with Crippen LogP contribution in [0.25, 0.3) is 0 Å². The van der Waals surface area contributed by atoms with Crippen molar-refractivity contribution in [2.45, 2.75) is 26.4 Å². The summed E-state index contributed by atoms with van der Waals surface area (Å²) < 4.78 is 5.32. The molecule has 2 rings (SSSR count). The smallest absolute Gasteiger partial charge is 0.410 e. The molecule has 0 aromatic heterocycles. The zero-order valence-corrected chi connectivity index (χ0v) is 13.7. The van der Waals surface area contributed by atoms with Gasteiger partial charge < -0.3 is 25.4 Å². The molecule has 1 saturated heterocycles. The van der Waals surface area contributed by atoms with Crippen molar-refractivity contribution in [2.24, 2.45) is 0 Å². The fraction of sp³-hybridized carbons (Fsp3) is 0.500. The number of nitrogens with two attached hydrogens (primary N) is 1. The van der Waals surface area contributed by atoms with E-state index < -0.39 is 5.60 Å².